The molecule has 1 N–H and O–H groups in total. The summed E-state index contributed by atoms with van der Waals surface area (Å²) in [5, 5.41) is 3.18. The van der Waals surface area contributed by atoms with Gasteiger partial charge in [0.25, 0.3) is 5.91 Å². The Kier molecular flexibility index (Phi) is 4.70. The van der Waals surface area contributed by atoms with Gasteiger partial charge in [-0.15, -0.1) is 0 Å². The van der Waals surface area contributed by atoms with Crippen molar-refractivity contribution in [3.8, 4) is 5.75 Å². The molecule has 3 aliphatic heterocycles. The Labute approximate surface area is 147 Å². The van der Waals surface area contributed by atoms with Crippen LogP contribution in [0.5, 0.6) is 5.75 Å². The third-order valence-electron chi connectivity index (χ3n) is 5.30. The summed E-state index contributed by atoms with van der Waals surface area (Å²) in [6, 6.07) is 7.91. The number of rotatable bonds is 4. The van der Waals surface area contributed by atoms with Crippen LogP contribution in [0.3, 0.4) is 0 Å². The van der Waals surface area contributed by atoms with Crippen LogP contribution in [0.1, 0.15) is 12.0 Å². The van der Waals surface area contributed by atoms with E-state index in [0.29, 0.717) is 13.0 Å². The van der Waals surface area contributed by atoms with E-state index in [1.165, 1.54) is 5.75 Å². The average Bonchev–Trinajstić information content (AvgIpc) is 3.28. The third-order valence-corrected chi connectivity index (χ3v) is 6.53. The van der Waals surface area contributed by atoms with Crippen LogP contribution in [-0.2, 0) is 16.0 Å². The topological polar surface area (TPSA) is 50.8 Å². The van der Waals surface area contributed by atoms with Crippen molar-refractivity contribution in [3.63, 3.8) is 0 Å². The number of ether oxygens (including phenoxy) is 2. The molecule has 0 aliphatic carbocycles. The van der Waals surface area contributed by atoms with E-state index in [9.17, 15) is 4.79 Å². The number of morpholine rings is 1. The number of nitrogens with one attached hydrogen (secondary N) is 1. The van der Waals surface area contributed by atoms with E-state index in [2.05, 4.69) is 10.2 Å². The second-order valence-electron chi connectivity index (χ2n) is 6.76. The number of carbonyl (C=O) groups is 1. The zero-order valence-electron chi connectivity index (χ0n) is 13.8. The van der Waals surface area contributed by atoms with Gasteiger partial charge in [-0.05, 0) is 23.8 Å². The van der Waals surface area contributed by atoms with Crippen LogP contribution in [-0.4, -0.2) is 66.8 Å². The van der Waals surface area contributed by atoms with Gasteiger partial charge in [-0.25, -0.2) is 0 Å². The summed E-state index contributed by atoms with van der Waals surface area (Å²) >= 11 is 1.98. The van der Waals surface area contributed by atoms with E-state index >= 15 is 0 Å². The zero-order chi connectivity index (χ0) is 16.4. The van der Waals surface area contributed by atoms with Crippen LogP contribution in [0.25, 0.3) is 0 Å². The summed E-state index contributed by atoms with van der Waals surface area (Å²) in [5.41, 5.74) is 1.20. The quantitative estimate of drug-likeness (QED) is 0.889. The standard InChI is InChI=1S/C18H24N2O3S/c21-17(16-11-14-3-1-2-4-15(14)23-16)19-12-18(5-10-24-13-18)20-6-8-22-9-7-20/h1-4,16H,5-13H2,(H,19,21)/t16-,18+/m0/s1. The Bertz CT molecular complexity index is 573. The lowest BCUT2D eigenvalue weighted by Crippen LogP contribution is -2.60. The predicted molar refractivity (Wildman–Crippen MR) is 94.6 cm³/mol. The number of nitrogens with zero attached hydrogens (tertiary/aromatic N) is 1. The second kappa shape index (κ2) is 6.94. The number of hydrogen-bond donors (Lipinski definition) is 1. The Morgan fingerprint density at radius 3 is 2.92 bits per heavy atom. The van der Waals surface area contributed by atoms with E-state index < -0.39 is 6.10 Å². The number of para-hydroxylation sites is 1. The summed E-state index contributed by atoms with van der Waals surface area (Å²) in [5.74, 6) is 3.10. The van der Waals surface area contributed by atoms with Crippen LogP contribution < -0.4 is 10.1 Å². The first kappa shape index (κ1) is 16.2. The van der Waals surface area contributed by atoms with Gasteiger partial charge in [-0.1, -0.05) is 18.2 Å². The van der Waals surface area contributed by atoms with Crippen molar-refractivity contribution >= 4 is 17.7 Å². The predicted octanol–water partition coefficient (Wildman–Crippen LogP) is 1.31. The minimum Gasteiger partial charge on any atom is -0.480 e. The van der Waals surface area contributed by atoms with Crippen molar-refractivity contribution in [2.24, 2.45) is 0 Å². The molecular formula is C18H24N2O3S. The molecule has 0 spiro atoms. The summed E-state index contributed by atoms with van der Waals surface area (Å²) in [6.07, 6.45) is 1.41. The van der Waals surface area contributed by atoms with Crippen LogP contribution in [0.15, 0.2) is 24.3 Å². The number of amides is 1. The molecule has 6 heteroatoms. The first-order chi connectivity index (χ1) is 11.8. The van der Waals surface area contributed by atoms with Gasteiger partial charge >= 0.3 is 0 Å². The summed E-state index contributed by atoms with van der Waals surface area (Å²) in [4.78, 5) is 15.1. The molecule has 1 aromatic rings. The van der Waals surface area contributed by atoms with Gasteiger partial charge in [0.05, 0.1) is 13.2 Å². The number of thioether (sulfide) groups is 1. The minimum atomic E-state index is -0.391. The highest BCUT2D eigenvalue weighted by atomic mass is 32.2. The molecule has 2 atom stereocenters. The van der Waals surface area contributed by atoms with Crippen molar-refractivity contribution in [1.82, 2.24) is 10.2 Å². The maximum Gasteiger partial charge on any atom is 0.261 e. The molecular weight excluding hydrogens is 324 g/mol. The van der Waals surface area contributed by atoms with E-state index in [1.54, 1.807) is 0 Å². The maximum absolute atomic E-state index is 12.6. The molecule has 24 heavy (non-hydrogen) atoms. The molecule has 3 aliphatic rings. The normalized spacial score (nSPS) is 29.9. The number of carbonyl (C=O) groups excluding carboxylic acids is 1. The monoisotopic (exact) mass is 348 g/mol. The number of hydrogen-bond acceptors (Lipinski definition) is 5. The molecule has 5 nitrogen and oxygen atoms in total. The SMILES string of the molecule is O=C(NC[C@]1(N2CCOCC2)CCSC1)[C@@H]1Cc2ccccc2O1. The molecule has 0 bridgehead atoms. The van der Waals surface area contributed by atoms with Crippen LogP contribution in [0, 0.1) is 0 Å². The lowest BCUT2D eigenvalue weighted by atomic mass is 9.95. The molecule has 0 saturated carbocycles. The Hall–Kier alpha value is -1.24. The van der Waals surface area contributed by atoms with Gasteiger partial charge < -0.3 is 14.8 Å². The largest absolute Gasteiger partial charge is 0.480 e. The highest BCUT2D eigenvalue weighted by Gasteiger charge is 2.41. The van der Waals surface area contributed by atoms with E-state index in [0.717, 1.165) is 49.8 Å². The average molecular weight is 348 g/mol. The van der Waals surface area contributed by atoms with Crippen molar-refractivity contribution in [2.75, 3.05) is 44.4 Å². The van der Waals surface area contributed by atoms with Gasteiger partial charge in [0.2, 0.25) is 0 Å². The first-order valence-corrected chi connectivity index (χ1v) is 9.85. The molecule has 2 fully saturated rings. The molecule has 1 aromatic carbocycles. The van der Waals surface area contributed by atoms with Gasteiger partial charge in [-0.2, -0.15) is 11.8 Å². The third kappa shape index (κ3) is 3.15. The van der Waals surface area contributed by atoms with Gasteiger partial charge in [0.1, 0.15) is 5.75 Å². The lowest BCUT2D eigenvalue weighted by Gasteiger charge is -2.43. The van der Waals surface area contributed by atoms with Gasteiger partial charge in [-0.3, -0.25) is 9.69 Å². The fourth-order valence-electron chi connectivity index (χ4n) is 3.83. The molecule has 0 unspecified atom stereocenters. The van der Waals surface area contributed by atoms with Crippen molar-refractivity contribution < 1.29 is 14.3 Å². The fraction of sp³-hybridized carbons (Fsp3) is 0.611. The molecule has 2 saturated heterocycles. The number of benzene rings is 1. The Morgan fingerprint density at radius 2 is 2.17 bits per heavy atom. The summed E-state index contributed by atoms with van der Waals surface area (Å²) in [7, 11) is 0. The van der Waals surface area contributed by atoms with Gasteiger partial charge in [0, 0.05) is 37.3 Å². The van der Waals surface area contributed by atoms with Crippen molar-refractivity contribution in [1.29, 1.82) is 0 Å². The van der Waals surface area contributed by atoms with Crippen LogP contribution >= 0.6 is 11.8 Å². The molecule has 0 radical (unpaired) electrons. The lowest BCUT2D eigenvalue weighted by molar-refractivity contribution is -0.128. The van der Waals surface area contributed by atoms with E-state index in [4.69, 9.17) is 9.47 Å². The summed E-state index contributed by atoms with van der Waals surface area (Å²) in [6.45, 7) is 4.21. The minimum absolute atomic E-state index is 0.00994. The molecule has 130 valence electrons. The van der Waals surface area contributed by atoms with E-state index in [-0.39, 0.29) is 11.4 Å². The van der Waals surface area contributed by atoms with Crippen LogP contribution in [0.4, 0.5) is 0 Å². The molecule has 0 aromatic heterocycles. The zero-order valence-corrected chi connectivity index (χ0v) is 14.6. The molecule has 4 rings (SSSR count). The van der Waals surface area contributed by atoms with Gasteiger partial charge in [0.15, 0.2) is 6.10 Å². The highest BCUT2D eigenvalue weighted by molar-refractivity contribution is 7.99. The maximum atomic E-state index is 12.6. The Morgan fingerprint density at radius 1 is 1.33 bits per heavy atom. The molecule has 1 amide bonds. The Balaban J connectivity index is 1.37. The summed E-state index contributed by atoms with van der Waals surface area (Å²) < 4.78 is 11.3. The second-order valence-corrected chi connectivity index (χ2v) is 7.87. The van der Waals surface area contributed by atoms with Crippen molar-refractivity contribution in [2.45, 2.75) is 24.5 Å². The molecule has 3 heterocycles. The fourth-order valence-corrected chi connectivity index (χ4v) is 5.31. The van der Waals surface area contributed by atoms with Crippen LogP contribution in [0.2, 0.25) is 0 Å². The smallest absolute Gasteiger partial charge is 0.261 e. The first-order valence-electron chi connectivity index (χ1n) is 8.70. The van der Waals surface area contributed by atoms with E-state index in [1.807, 2.05) is 36.0 Å². The van der Waals surface area contributed by atoms with Crippen molar-refractivity contribution in [3.05, 3.63) is 29.8 Å². The highest BCUT2D eigenvalue weighted by Crippen LogP contribution is 2.34. The number of fused-ring (bicyclic) bond motifs is 1.